The molecule has 2 unspecified atom stereocenters. The average molecular weight is 285 g/mol. The summed E-state index contributed by atoms with van der Waals surface area (Å²) >= 11 is 5.68. The van der Waals surface area contributed by atoms with E-state index in [-0.39, 0.29) is 18.4 Å². The molecule has 6 heteroatoms. The average Bonchev–Trinajstić information content (AvgIpc) is 2.34. The van der Waals surface area contributed by atoms with Gasteiger partial charge in [0.05, 0.1) is 0 Å². The molecule has 1 saturated heterocycles. The van der Waals surface area contributed by atoms with Crippen LogP contribution in [0.25, 0.3) is 0 Å². The van der Waals surface area contributed by atoms with Crippen molar-refractivity contribution < 1.29 is 14.0 Å². The first kappa shape index (κ1) is 13.8. The third-order valence-electron chi connectivity index (χ3n) is 3.22. The molecule has 1 aromatic carbocycles. The third-order valence-corrected chi connectivity index (χ3v) is 3.45. The van der Waals surface area contributed by atoms with Crippen molar-refractivity contribution in [3.8, 4) is 0 Å². The van der Waals surface area contributed by atoms with Crippen LogP contribution in [0.4, 0.5) is 4.39 Å². The number of carbonyl (C=O) groups excluding carboxylic acids is 2. The molecule has 102 valence electrons. The first-order valence-corrected chi connectivity index (χ1v) is 6.32. The highest BCUT2D eigenvalue weighted by molar-refractivity contribution is 6.30. The zero-order valence-electron chi connectivity index (χ0n) is 10.6. The van der Waals surface area contributed by atoms with Crippen molar-refractivity contribution in [2.75, 3.05) is 0 Å². The maximum Gasteiger partial charge on any atom is 0.245 e. The fraction of sp³-hybridized carbons (Fsp3) is 0.385. The van der Waals surface area contributed by atoms with Gasteiger partial charge in [-0.25, -0.2) is 4.39 Å². The summed E-state index contributed by atoms with van der Waals surface area (Å²) in [6, 6.07) is 3.08. The number of nitrogens with one attached hydrogen (secondary N) is 1. The predicted molar refractivity (Wildman–Crippen MR) is 69.0 cm³/mol. The fourth-order valence-electron chi connectivity index (χ4n) is 2.03. The van der Waals surface area contributed by atoms with Crippen LogP contribution in [-0.4, -0.2) is 28.8 Å². The molecule has 1 aromatic rings. The molecular formula is C13H14ClFN2O2. The van der Waals surface area contributed by atoms with Crippen molar-refractivity contribution >= 4 is 23.4 Å². The van der Waals surface area contributed by atoms with Crippen LogP contribution in [-0.2, 0) is 16.1 Å². The molecule has 0 radical (unpaired) electrons. The maximum atomic E-state index is 13.7. The molecule has 0 aromatic heterocycles. The van der Waals surface area contributed by atoms with Crippen LogP contribution in [0, 0.1) is 5.82 Å². The molecule has 1 heterocycles. The second-order valence-corrected chi connectivity index (χ2v) is 5.04. The van der Waals surface area contributed by atoms with E-state index in [4.69, 9.17) is 11.6 Å². The normalized spacial score (nSPS) is 23.5. The molecular weight excluding hydrogens is 271 g/mol. The van der Waals surface area contributed by atoms with Crippen molar-refractivity contribution in [1.82, 2.24) is 10.2 Å². The standard InChI is InChI=1S/C13H14ClFN2O2/c1-7-13(19)17(8(2)12(18)16-7)6-9-3-4-10(14)5-11(9)15/h3-5,7-8H,6H2,1-2H3,(H,16,18). The summed E-state index contributed by atoms with van der Waals surface area (Å²) in [6.07, 6.45) is 0. The van der Waals surface area contributed by atoms with E-state index in [0.717, 1.165) is 0 Å². The SMILES string of the molecule is CC1NC(=O)C(C)N(Cc2ccc(Cl)cc2F)C1=O. The Balaban J connectivity index is 2.25. The number of benzene rings is 1. The highest BCUT2D eigenvalue weighted by atomic mass is 35.5. The van der Waals surface area contributed by atoms with Gasteiger partial charge in [0, 0.05) is 17.1 Å². The Morgan fingerprint density at radius 3 is 2.68 bits per heavy atom. The van der Waals surface area contributed by atoms with Crippen molar-refractivity contribution in [2.24, 2.45) is 0 Å². The lowest BCUT2D eigenvalue weighted by atomic mass is 10.1. The number of nitrogens with zero attached hydrogens (tertiary/aromatic N) is 1. The van der Waals surface area contributed by atoms with E-state index in [9.17, 15) is 14.0 Å². The Morgan fingerprint density at radius 2 is 2.05 bits per heavy atom. The maximum absolute atomic E-state index is 13.7. The van der Waals surface area contributed by atoms with E-state index in [1.54, 1.807) is 19.9 Å². The summed E-state index contributed by atoms with van der Waals surface area (Å²) in [6.45, 7) is 3.28. The minimum absolute atomic E-state index is 0.0563. The number of hydrogen-bond acceptors (Lipinski definition) is 2. The molecule has 2 amide bonds. The molecule has 19 heavy (non-hydrogen) atoms. The number of hydrogen-bond donors (Lipinski definition) is 1. The van der Waals surface area contributed by atoms with Crippen molar-refractivity contribution in [1.29, 1.82) is 0 Å². The van der Waals surface area contributed by atoms with Crippen LogP contribution < -0.4 is 5.32 Å². The predicted octanol–water partition coefficient (Wildman–Crippen LogP) is 1.71. The third kappa shape index (κ3) is 2.71. The van der Waals surface area contributed by atoms with Crippen molar-refractivity contribution in [3.05, 3.63) is 34.6 Å². The van der Waals surface area contributed by atoms with Gasteiger partial charge in [-0.2, -0.15) is 0 Å². The number of amides is 2. The minimum Gasteiger partial charge on any atom is -0.343 e. The molecule has 0 spiro atoms. The van der Waals surface area contributed by atoms with E-state index in [2.05, 4.69) is 5.32 Å². The summed E-state index contributed by atoms with van der Waals surface area (Å²) in [4.78, 5) is 25.1. The van der Waals surface area contributed by atoms with E-state index >= 15 is 0 Å². The molecule has 2 rings (SSSR count). The van der Waals surface area contributed by atoms with E-state index in [1.165, 1.54) is 17.0 Å². The second-order valence-electron chi connectivity index (χ2n) is 4.61. The van der Waals surface area contributed by atoms with Crippen LogP contribution in [0.1, 0.15) is 19.4 Å². The largest absolute Gasteiger partial charge is 0.343 e. The van der Waals surface area contributed by atoms with Gasteiger partial charge in [0.25, 0.3) is 0 Å². The quantitative estimate of drug-likeness (QED) is 0.899. The number of halogens is 2. The zero-order chi connectivity index (χ0) is 14.2. The Labute approximate surface area is 115 Å². The lowest BCUT2D eigenvalue weighted by Gasteiger charge is -2.36. The molecule has 0 bridgehead atoms. The summed E-state index contributed by atoms with van der Waals surface area (Å²) < 4.78 is 13.7. The van der Waals surface area contributed by atoms with Gasteiger partial charge in [-0.3, -0.25) is 9.59 Å². The summed E-state index contributed by atoms with van der Waals surface area (Å²) in [5, 5.41) is 2.87. The monoisotopic (exact) mass is 284 g/mol. The molecule has 2 atom stereocenters. The van der Waals surface area contributed by atoms with Crippen LogP contribution in [0.2, 0.25) is 5.02 Å². The van der Waals surface area contributed by atoms with Gasteiger partial charge in [0.15, 0.2) is 0 Å². The summed E-state index contributed by atoms with van der Waals surface area (Å²) in [5.41, 5.74) is 0.339. The Bertz CT molecular complexity index is 535. The van der Waals surface area contributed by atoms with Gasteiger partial charge in [-0.15, -0.1) is 0 Å². The smallest absolute Gasteiger partial charge is 0.245 e. The first-order valence-electron chi connectivity index (χ1n) is 5.95. The van der Waals surface area contributed by atoms with Crippen LogP contribution in [0.3, 0.4) is 0 Å². The molecule has 0 aliphatic carbocycles. The molecule has 1 aliphatic rings. The molecule has 1 N–H and O–H groups in total. The van der Waals surface area contributed by atoms with E-state index in [0.29, 0.717) is 10.6 Å². The highest BCUT2D eigenvalue weighted by Gasteiger charge is 2.35. The summed E-state index contributed by atoms with van der Waals surface area (Å²) in [7, 11) is 0. The van der Waals surface area contributed by atoms with Gasteiger partial charge >= 0.3 is 0 Å². The Hall–Kier alpha value is -1.62. The highest BCUT2D eigenvalue weighted by Crippen LogP contribution is 2.19. The van der Waals surface area contributed by atoms with Crippen molar-refractivity contribution in [2.45, 2.75) is 32.5 Å². The Kier molecular flexibility index (Phi) is 3.75. The first-order chi connectivity index (χ1) is 8.90. The number of carbonyl (C=O) groups is 2. The van der Waals surface area contributed by atoms with Gasteiger partial charge in [0.2, 0.25) is 11.8 Å². The number of piperazine rings is 1. The van der Waals surface area contributed by atoms with E-state index < -0.39 is 17.9 Å². The lowest BCUT2D eigenvalue weighted by Crippen LogP contribution is -2.61. The summed E-state index contributed by atoms with van der Waals surface area (Å²) in [5.74, 6) is -0.936. The van der Waals surface area contributed by atoms with Crippen molar-refractivity contribution in [3.63, 3.8) is 0 Å². The Morgan fingerprint density at radius 1 is 1.37 bits per heavy atom. The van der Waals surface area contributed by atoms with E-state index in [1.807, 2.05) is 0 Å². The molecule has 1 aliphatic heterocycles. The van der Waals surface area contributed by atoms with Crippen LogP contribution in [0.5, 0.6) is 0 Å². The van der Waals surface area contributed by atoms with Gasteiger partial charge in [0.1, 0.15) is 17.9 Å². The lowest BCUT2D eigenvalue weighted by molar-refractivity contribution is -0.148. The molecule has 0 saturated carbocycles. The number of rotatable bonds is 2. The zero-order valence-corrected chi connectivity index (χ0v) is 11.4. The van der Waals surface area contributed by atoms with Gasteiger partial charge in [-0.1, -0.05) is 17.7 Å². The molecule has 4 nitrogen and oxygen atoms in total. The van der Waals surface area contributed by atoms with Crippen LogP contribution in [0.15, 0.2) is 18.2 Å². The van der Waals surface area contributed by atoms with Gasteiger partial charge < -0.3 is 10.2 Å². The minimum atomic E-state index is -0.612. The fourth-order valence-corrected chi connectivity index (χ4v) is 2.18. The van der Waals surface area contributed by atoms with Gasteiger partial charge in [-0.05, 0) is 26.0 Å². The topological polar surface area (TPSA) is 49.4 Å². The second kappa shape index (κ2) is 5.17. The van der Waals surface area contributed by atoms with Crippen LogP contribution >= 0.6 is 11.6 Å². The molecule has 1 fully saturated rings.